The van der Waals surface area contributed by atoms with Crippen molar-refractivity contribution < 1.29 is 19.4 Å². The number of hydrogen-bond donors (Lipinski definition) is 2. The fraction of sp³-hybridized carbons (Fsp3) is 0.467. The molecule has 1 saturated carbocycles. The van der Waals surface area contributed by atoms with Gasteiger partial charge in [-0.1, -0.05) is 0 Å². The van der Waals surface area contributed by atoms with Crippen LogP contribution in [0, 0.1) is 5.92 Å². The lowest BCUT2D eigenvalue weighted by Gasteiger charge is -2.21. The lowest BCUT2D eigenvalue weighted by molar-refractivity contribution is -0.137. The first kappa shape index (κ1) is 15.2. The Morgan fingerprint density at radius 3 is 2.52 bits per heavy atom. The molecule has 0 radical (unpaired) electrons. The first-order valence-corrected chi connectivity index (χ1v) is 7.09. The second kappa shape index (κ2) is 6.97. The predicted molar refractivity (Wildman–Crippen MR) is 78.6 cm³/mol. The number of nitrogens with one attached hydrogen (secondary N) is 1. The molecular formula is C15H20N2O4. The molecule has 0 atom stereocenters. The second-order valence-electron chi connectivity index (χ2n) is 5.11. The van der Waals surface area contributed by atoms with Gasteiger partial charge >= 0.3 is 12.0 Å². The van der Waals surface area contributed by atoms with Crippen molar-refractivity contribution >= 4 is 17.7 Å². The maximum Gasteiger partial charge on any atom is 0.323 e. The number of carbonyl (C=O) groups excluding carboxylic acids is 1. The van der Waals surface area contributed by atoms with Crippen molar-refractivity contribution in [1.82, 2.24) is 4.90 Å². The number of carboxylic acid groups (broad SMARTS) is 1. The van der Waals surface area contributed by atoms with Crippen molar-refractivity contribution in [3.05, 3.63) is 24.3 Å². The summed E-state index contributed by atoms with van der Waals surface area (Å²) in [4.78, 5) is 24.3. The van der Waals surface area contributed by atoms with Crippen LogP contribution >= 0.6 is 0 Å². The van der Waals surface area contributed by atoms with Gasteiger partial charge in [-0.25, -0.2) is 4.79 Å². The van der Waals surface area contributed by atoms with Crippen LogP contribution in [0.2, 0.25) is 0 Å². The van der Waals surface area contributed by atoms with Crippen LogP contribution in [-0.2, 0) is 4.79 Å². The van der Waals surface area contributed by atoms with Gasteiger partial charge in [0.1, 0.15) is 12.3 Å². The molecule has 0 bridgehead atoms. The summed E-state index contributed by atoms with van der Waals surface area (Å²) in [6.07, 6.45) is 2.12. The van der Waals surface area contributed by atoms with E-state index in [4.69, 9.17) is 9.84 Å². The number of carbonyl (C=O) groups is 2. The summed E-state index contributed by atoms with van der Waals surface area (Å²) in [7, 11) is 0. The number of amides is 2. The summed E-state index contributed by atoms with van der Waals surface area (Å²) >= 11 is 0. The Morgan fingerprint density at radius 2 is 2.00 bits per heavy atom. The Kier molecular flexibility index (Phi) is 5.03. The zero-order chi connectivity index (χ0) is 15.2. The van der Waals surface area contributed by atoms with E-state index in [9.17, 15) is 9.59 Å². The van der Waals surface area contributed by atoms with Crippen LogP contribution in [-0.4, -0.2) is 41.7 Å². The highest BCUT2D eigenvalue weighted by atomic mass is 16.5. The average Bonchev–Trinajstić information content (AvgIpc) is 3.24. The molecule has 0 aliphatic heterocycles. The van der Waals surface area contributed by atoms with Gasteiger partial charge in [0, 0.05) is 12.2 Å². The number of nitrogens with zero attached hydrogens (tertiary/aromatic N) is 1. The summed E-state index contributed by atoms with van der Waals surface area (Å²) in [5.74, 6) is 0.170. The third-order valence-electron chi connectivity index (χ3n) is 3.21. The summed E-state index contributed by atoms with van der Waals surface area (Å²) in [6, 6.07) is 6.62. The smallest absolute Gasteiger partial charge is 0.323 e. The molecule has 2 rings (SSSR count). The van der Waals surface area contributed by atoms with Crippen LogP contribution in [0.15, 0.2) is 24.3 Å². The van der Waals surface area contributed by atoms with E-state index >= 15 is 0 Å². The Morgan fingerprint density at radius 1 is 1.33 bits per heavy atom. The van der Waals surface area contributed by atoms with Gasteiger partial charge in [0.25, 0.3) is 0 Å². The average molecular weight is 292 g/mol. The van der Waals surface area contributed by atoms with Crippen LogP contribution in [0.1, 0.15) is 19.8 Å². The highest BCUT2D eigenvalue weighted by Gasteiger charge is 2.27. The number of hydrogen-bond acceptors (Lipinski definition) is 3. The summed E-state index contributed by atoms with van der Waals surface area (Å²) < 4.78 is 5.33. The van der Waals surface area contributed by atoms with Crippen LogP contribution in [0.4, 0.5) is 10.5 Å². The van der Waals surface area contributed by atoms with Gasteiger partial charge in [0.05, 0.1) is 6.61 Å². The van der Waals surface area contributed by atoms with E-state index in [-0.39, 0.29) is 12.6 Å². The van der Waals surface area contributed by atoms with Gasteiger partial charge < -0.3 is 20.1 Å². The Balaban J connectivity index is 1.94. The maximum atomic E-state index is 12.1. The predicted octanol–water partition coefficient (Wildman–Crippen LogP) is 2.41. The molecule has 1 aromatic carbocycles. The number of carboxylic acids is 1. The van der Waals surface area contributed by atoms with E-state index in [0.717, 1.165) is 18.6 Å². The third kappa shape index (κ3) is 4.98. The summed E-state index contributed by atoms with van der Waals surface area (Å²) in [6.45, 7) is 2.70. The molecule has 6 nitrogen and oxygen atoms in total. The number of aliphatic carboxylic acids is 1. The van der Waals surface area contributed by atoms with E-state index in [1.807, 2.05) is 6.92 Å². The van der Waals surface area contributed by atoms with Gasteiger partial charge in [0.2, 0.25) is 0 Å². The Labute approximate surface area is 123 Å². The molecule has 0 heterocycles. The van der Waals surface area contributed by atoms with Crippen molar-refractivity contribution in [3.8, 4) is 5.75 Å². The highest BCUT2D eigenvalue weighted by Crippen LogP contribution is 2.29. The highest BCUT2D eigenvalue weighted by molar-refractivity contribution is 5.91. The normalized spacial score (nSPS) is 13.6. The van der Waals surface area contributed by atoms with Crippen LogP contribution in [0.25, 0.3) is 0 Å². The molecule has 2 amide bonds. The molecule has 21 heavy (non-hydrogen) atoms. The quantitative estimate of drug-likeness (QED) is 0.809. The van der Waals surface area contributed by atoms with E-state index in [0.29, 0.717) is 24.8 Å². The molecule has 2 N–H and O–H groups in total. The molecule has 1 fully saturated rings. The van der Waals surface area contributed by atoms with E-state index in [1.165, 1.54) is 4.90 Å². The van der Waals surface area contributed by atoms with Crippen LogP contribution in [0.3, 0.4) is 0 Å². The number of anilines is 1. The fourth-order valence-corrected chi connectivity index (χ4v) is 2.00. The lowest BCUT2D eigenvalue weighted by atomic mass is 10.3. The first-order chi connectivity index (χ1) is 10.1. The van der Waals surface area contributed by atoms with Crippen LogP contribution in [0.5, 0.6) is 5.75 Å². The minimum Gasteiger partial charge on any atom is -0.494 e. The van der Waals surface area contributed by atoms with Crippen molar-refractivity contribution in [1.29, 1.82) is 0 Å². The number of ether oxygens (including phenoxy) is 1. The molecular weight excluding hydrogens is 272 g/mol. The Hall–Kier alpha value is -2.24. The number of benzene rings is 1. The molecule has 0 saturated heterocycles. The zero-order valence-electron chi connectivity index (χ0n) is 12.0. The standard InChI is InChI=1S/C15H20N2O4/c1-2-21-13-7-5-12(6-8-13)16-15(20)17(10-14(18)19)9-11-3-4-11/h5-8,11H,2-4,9-10H2,1H3,(H,16,20)(H,18,19). The van der Waals surface area contributed by atoms with Crippen molar-refractivity contribution in [2.75, 3.05) is 25.0 Å². The molecule has 1 aliphatic rings. The number of rotatable bonds is 7. The van der Waals surface area contributed by atoms with E-state index in [2.05, 4.69) is 5.32 Å². The molecule has 0 spiro atoms. The molecule has 114 valence electrons. The molecule has 0 aromatic heterocycles. The summed E-state index contributed by atoms with van der Waals surface area (Å²) in [5.41, 5.74) is 0.620. The second-order valence-corrected chi connectivity index (χ2v) is 5.11. The van der Waals surface area contributed by atoms with Gasteiger partial charge in [-0.3, -0.25) is 4.79 Å². The monoisotopic (exact) mass is 292 g/mol. The minimum atomic E-state index is -1.00. The third-order valence-corrected chi connectivity index (χ3v) is 3.21. The first-order valence-electron chi connectivity index (χ1n) is 7.09. The van der Waals surface area contributed by atoms with E-state index < -0.39 is 5.97 Å². The van der Waals surface area contributed by atoms with Crippen molar-refractivity contribution in [3.63, 3.8) is 0 Å². The van der Waals surface area contributed by atoms with Crippen molar-refractivity contribution in [2.45, 2.75) is 19.8 Å². The van der Waals surface area contributed by atoms with Gasteiger partial charge in [0.15, 0.2) is 0 Å². The molecule has 1 aliphatic carbocycles. The molecule has 0 unspecified atom stereocenters. The zero-order valence-corrected chi connectivity index (χ0v) is 12.0. The van der Waals surface area contributed by atoms with Gasteiger partial charge in [-0.05, 0) is 49.9 Å². The number of urea groups is 1. The van der Waals surface area contributed by atoms with Gasteiger partial charge in [-0.2, -0.15) is 0 Å². The van der Waals surface area contributed by atoms with Crippen LogP contribution < -0.4 is 10.1 Å². The molecule has 1 aromatic rings. The SMILES string of the molecule is CCOc1ccc(NC(=O)N(CC(=O)O)CC2CC2)cc1. The minimum absolute atomic E-state index is 0.278. The maximum absolute atomic E-state index is 12.1. The summed E-state index contributed by atoms with van der Waals surface area (Å²) in [5, 5.41) is 11.6. The van der Waals surface area contributed by atoms with Crippen molar-refractivity contribution in [2.24, 2.45) is 5.92 Å². The van der Waals surface area contributed by atoms with E-state index in [1.54, 1.807) is 24.3 Å². The van der Waals surface area contributed by atoms with Gasteiger partial charge in [-0.15, -0.1) is 0 Å². The molecule has 6 heteroatoms. The topological polar surface area (TPSA) is 78.9 Å². The largest absolute Gasteiger partial charge is 0.494 e. The lowest BCUT2D eigenvalue weighted by Crippen LogP contribution is -2.40. The fourth-order valence-electron chi connectivity index (χ4n) is 2.00. The Bertz CT molecular complexity index is 497.